The molecule has 0 saturated carbocycles. The van der Waals surface area contributed by atoms with Crippen LogP contribution in [0.15, 0.2) is 34.8 Å². The van der Waals surface area contributed by atoms with E-state index in [0.717, 1.165) is 28.6 Å². The number of rotatable bonds is 5. The molecule has 0 amide bonds. The quantitative estimate of drug-likeness (QED) is 0.800. The van der Waals surface area contributed by atoms with Gasteiger partial charge in [-0.25, -0.2) is 4.39 Å². The minimum Gasteiger partial charge on any atom is -0.307 e. The van der Waals surface area contributed by atoms with Gasteiger partial charge in [0.05, 0.1) is 6.04 Å². The van der Waals surface area contributed by atoms with E-state index in [1.54, 1.807) is 12.1 Å². The van der Waals surface area contributed by atoms with Crippen molar-refractivity contribution in [3.8, 4) is 0 Å². The zero-order valence-corrected chi connectivity index (χ0v) is 11.3. The zero-order chi connectivity index (χ0) is 12.1. The van der Waals surface area contributed by atoms with Crippen LogP contribution in [0.2, 0.25) is 0 Å². The van der Waals surface area contributed by atoms with Crippen molar-refractivity contribution in [1.29, 1.82) is 0 Å². The van der Waals surface area contributed by atoms with Crippen LogP contribution in [0.5, 0.6) is 0 Å². The van der Waals surface area contributed by atoms with Crippen molar-refractivity contribution in [2.24, 2.45) is 0 Å². The van der Waals surface area contributed by atoms with Gasteiger partial charge in [0.2, 0.25) is 0 Å². The molecule has 0 bridgehead atoms. The molecule has 1 unspecified atom stereocenters. The van der Waals surface area contributed by atoms with E-state index in [2.05, 4.69) is 34.7 Å². The summed E-state index contributed by atoms with van der Waals surface area (Å²) in [6, 6.07) is 4.73. The molecule has 0 fully saturated rings. The second-order valence-corrected chi connectivity index (χ2v) is 4.75. The summed E-state index contributed by atoms with van der Waals surface area (Å²) >= 11 is 3.44. The van der Waals surface area contributed by atoms with Gasteiger partial charge in [0, 0.05) is 4.47 Å². The monoisotopic (exact) mass is 285 g/mol. The minimum absolute atomic E-state index is 0.00465. The number of hydrogen-bond donors (Lipinski definition) is 1. The standard InChI is InChI=1S/C13H17BrFN/c1-4-7-16-13(9(2)3)11-8-10(15)5-6-12(11)14/h5-6,8,13,16H,2,4,7H2,1,3H3. The maximum Gasteiger partial charge on any atom is 0.123 e. The number of benzene rings is 1. The average Bonchev–Trinajstić information content (AvgIpc) is 2.23. The Balaban J connectivity index is 3.00. The van der Waals surface area contributed by atoms with Gasteiger partial charge in [-0.3, -0.25) is 0 Å². The van der Waals surface area contributed by atoms with Crippen LogP contribution < -0.4 is 5.32 Å². The Hall–Kier alpha value is -0.670. The van der Waals surface area contributed by atoms with E-state index in [-0.39, 0.29) is 11.9 Å². The highest BCUT2D eigenvalue weighted by Gasteiger charge is 2.15. The Morgan fingerprint density at radius 1 is 1.56 bits per heavy atom. The summed E-state index contributed by atoms with van der Waals surface area (Å²) in [7, 11) is 0. The fourth-order valence-corrected chi connectivity index (χ4v) is 2.05. The summed E-state index contributed by atoms with van der Waals surface area (Å²) in [6.45, 7) is 8.89. The Kier molecular flexibility index (Phi) is 5.16. The van der Waals surface area contributed by atoms with Crippen LogP contribution in [0.3, 0.4) is 0 Å². The van der Waals surface area contributed by atoms with Crippen LogP contribution in [0.1, 0.15) is 31.9 Å². The van der Waals surface area contributed by atoms with Gasteiger partial charge in [-0.2, -0.15) is 0 Å². The number of nitrogens with one attached hydrogen (secondary N) is 1. The van der Waals surface area contributed by atoms with E-state index < -0.39 is 0 Å². The molecule has 0 radical (unpaired) electrons. The zero-order valence-electron chi connectivity index (χ0n) is 9.69. The van der Waals surface area contributed by atoms with Gasteiger partial charge < -0.3 is 5.32 Å². The molecule has 0 heterocycles. The van der Waals surface area contributed by atoms with E-state index in [1.807, 2.05) is 6.92 Å². The molecule has 88 valence electrons. The summed E-state index contributed by atoms with van der Waals surface area (Å²) in [5.41, 5.74) is 1.89. The lowest BCUT2D eigenvalue weighted by atomic mass is 10.0. The first-order chi connectivity index (χ1) is 7.56. The van der Waals surface area contributed by atoms with Crippen molar-refractivity contribution in [3.05, 3.63) is 46.2 Å². The Morgan fingerprint density at radius 3 is 2.81 bits per heavy atom. The first-order valence-corrected chi connectivity index (χ1v) is 6.19. The van der Waals surface area contributed by atoms with Crippen molar-refractivity contribution < 1.29 is 4.39 Å². The molecule has 1 aromatic rings. The Bertz CT molecular complexity index is 376. The molecule has 0 aromatic heterocycles. The van der Waals surface area contributed by atoms with Crippen molar-refractivity contribution in [2.75, 3.05) is 6.54 Å². The third-order valence-electron chi connectivity index (χ3n) is 2.36. The lowest BCUT2D eigenvalue weighted by Crippen LogP contribution is -2.23. The summed E-state index contributed by atoms with van der Waals surface area (Å²) in [5, 5.41) is 3.36. The molecule has 0 aliphatic carbocycles. The lowest BCUT2D eigenvalue weighted by Gasteiger charge is -2.20. The second-order valence-electron chi connectivity index (χ2n) is 3.90. The van der Waals surface area contributed by atoms with Crippen molar-refractivity contribution in [3.63, 3.8) is 0 Å². The first-order valence-electron chi connectivity index (χ1n) is 5.40. The molecular weight excluding hydrogens is 269 g/mol. The smallest absolute Gasteiger partial charge is 0.123 e. The molecule has 16 heavy (non-hydrogen) atoms. The van der Waals surface area contributed by atoms with Crippen LogP contribution in [0, 0.1) is 5.82 Å². The number of halogens is 2. The molecule has 1 nitrogen and oxygen atoms in total. The van der Waals surface area contributed by atoms with Crippen LogP contribution in [0.25, 0.3) is 0 Å². The van der Waals surface area contributed by atoms with E-state index in [9.17, 15) is 4.39 Å². The highest BCUT2D eigenvalue weighted by Crippen LogP contribution is 2.28. The molecule has 0 aliphatic rings. The molecule has 1 aromatic carbocycles. The minimum atomic E-state index is -0.220. The maximum atomic E-state index is 13.2. The summed E-state index contributed by atoms with van der Waals surface area (Å²) in [5.74, 6) is -0.220. The molecule has 0 saturated heterocycles. The van der Waals surface area contributed by atoms with Crippen LogP contribution in [-0.4, -0.2) is 6.54 Å². The predicted molar refractivity (Wildman–Crippen MR) is 69.9 cm³/mol. The highest BCUT2D eigenvalue weighted by atomic mass is 79.9. The van der Waals surface area contributed by atoms with Crippen molar-refractivity contribution in [1.82, 2.24) is 5.32 Å². The van der Waals surface area contributed by atoms with E-state index >= 15 is 0 Å². The van der Waals surface area contributed by atoms with Gasteiger partial charge in [0.1, 0.15) is 5.82 Å². The highest BCUT2D eigenvalue weighted by molar-refractivity contribution is 9.10. The largest absolute Gasteiger partial charge is 0.307 e. The third kappa shape index (κ3) is 3.42. The summed E-state index contributed by atoms with van der Waals surface area (Å²) < 4.78 is 14.1. The number of hydrogen-bond acceptors (Lipinski definition) is 1. The molecule has 0 spiro atoms. The van der Waals surface area contributed by atoms with Gasteiger partial charge >= 0.3 is 0 Å². The van der Waals surface area contributed by atoms with Gasteiger partial charge in [-0.1, -0.05) is 35.0 Å². The SMILES string of the molecule is C=C(C)C(NCCC)c1cc(F)ccc1Br. The molecular formula is C13H17BrFN. The summed E-state index contributed by atoms with van der Waals surface area (Å²) in [4.78, 5) is 0. The summed E-state index contributed by atoms with van der Waals surface area (Å²) in [6.07, 6.45) is 1.04. The Labute approximate surface area is 105 Å². The van der Waals surface area contributed by atoms with Crippen molar-refractivity contribution in [2.45, 2.75) is 26.3 Å². The molecule has 0 aliphatic heterocycles. The van der Waals surface area contributed by atoms with E-state index in [4.69, 9.17) is 0 Å². The van der Waals surface area contributed by atoms with Crippen molar-refractivity contribution >= 4 is 15.9 Å². The first kappa shape index (κ1) is 13.4. The molecule has 1 atom stereocenters. The van der Waals surface area contributed by atoms with E-state index in [1.165, 1.54) is 6.07 Å². The van der Waals surface area contributed by atoms with Gasteiger partial charge in [-0.05, 0) is 43.7 Å². The average molecular weight is 286 g/mol. The third-order valence-corrected chi connectivity index (χ3v) is 3.08. The van der Waals surface area contributed by atoms with Gasteiger partial charge in [0.25, 0.3) is 0 Å². The van der Waals surface area contributed by atoms with Crippen LogP contribution >= 0.6 is 15.9 Å². The second kappa shape index (κ2) is 6.16. The molecule has 3 heteroatoms. The normalized spacial score (nSPS) is 12.5. The predicted octanol–water partition coefficient (Wildman–Crippen LogP) is 4.21. The van der Waals surface area contributed by atoms with Crippen LogP contribution in [-0.2, 0) is 0 Å². The maximum absolute atomic E-state index is 13.2. The van der Waals surface area contributed by atoms with E-state index in [0.29, 0.717) is 0 Å². The fraction of sp³-hybridized carbons (Fsp3) is 0.385. The molecule has 1 rings (SSSR count). The lowest BCUT2D eigenvalue weighted by molar-refractivity contribution is 0.578. The topological polar surface area (TPSA) is 12.0 Å². The molecule has 1 N–H and O–H groups in total. The van der Waals surface area contributed by atoms with Gasteiger partial charge in [-0.15, -0.1) is 0 Å². The van der Waals surface area contributed by atoms with Crippen LogP contribution in [0.4, 0.5) is 4.39 Å². The fourth-order valence-electron chi connectivity index (χ4n) is 1.57. The van der Waals surface area contributed by atoms with Gasteiger partial charge in [0.15, 0.2) is 0 Å². The Morgan fingerprint density at radius 2 is 2.25 bits per heavy atom.